The van der Waals surface area contributed by atoms with Crippen LogP contribution in [-0.2, 0) is 13.2 Å². The van der Waals surface area contributed by atoms with Crippen LogP contribution in [0.4, 0.5) is 8.78 Å². The van der Waals surface area contributed by atoms with Gasteiger partial charge in [-0.05, 0) is 29.8 Å². The largest absolute Gasteiger partial charge is 0.489 e. The molecule has 0 unspecified atom stereocenters. The molecule has 0 radical (unpaired) electrons. The van der Waals surface area contributed by atoms with Gasteiger partial charge in [0.25, 0.3) is 5.91 Å². The van der Waals surface area contributed by atoms with Crippen LogP contribution >= 0.6 is 11.3 Å². The standard InChI is InChI=1S/C25H20F2N2O2S/c1-29(14-17-6-3-2-4-7-17)25(30)23-16-32-24(28-23)18-8-5-9-21(12-18)31-15-19-10-11-20(26)13-22(19)27/h2-13,16H,14-15H2,1H3. The van der Waals surface area contributed by atoms with Crippen molar-refractivity contribution in [3.05, 3.63) is 107 Å². The Labute approximate surface area is 188 Å². The lowest BCUT2D eigenvalue weighted by molar-refractivity contribution is 0.0780. The van der Waals surface area contributed by atoms with Crippen LogP contribution in [0.1, 0.15) is 21.6 Å². The van der Waals surface area contributed by atoms with Gasteiger partial charge in [0.05, 0.1) is 0 Å². The van der Waals surface area contributed by atoms with Gasteiger partial charge in [0.1, 0.15) is 34.7 Å². The summed E-state index contributed by atoms with van der Waals surface area (Å²) in [5.41, 5.74) is 2.47. The molecule has 7 heteroatoms. The highest BCUT2D eigenvalue weighted by Crippen LogP contribution is 2.28. The third kappa shape index (κ3) is 5.18. The van der Waals surface area contributed by atoms with Gasteiger partial charge in [0.15, 0.2) is 0 Å². The van der Waals surface area contributed by atoms with E-state index in [9.17, 15) is 13.6 Å². The minimum Gasteiger partial charge on any atom is -0.489 e. The fourth-order valence-electron chi connectivity index (χ4n) is 3.15. The third-order valence-corrected chi connectivity index (χ3v) is 5.71. The van der Waals surface area contributed by atoms with E-state index in [4.69, 9.17) is 4.74 Å². The van der Waals surface area contributed by atoms with Crippen molar-refractivity contribution in [1.82, 2.24) is 9.88 Å². The molecule has 162 valence electrons. The number of hydrogen-bond acceptors (Lipinski definition) is 4. The zero-order chi connectivity index (χ0) is 22.5. The molecule has 4 rings (SSSR count). The summed E-state index contributed by atoms with van der Waals surface area (Å²) in [5.74, 6) is -0.910. The van der Waals surface area contributed by atoms with Crippen LogP contribution in [-0.4, -0.2) is 22.8 Å². The van der Waals surface area contributed by atoms with E-state index in [-0.39, 0.29) is 18.1 Å². The second-order valence-electron chi connectivity index (χ2n) is 7.24. The number of ether oxygens (including phenoxy) is 1. The quantitative estimate of drug-likeness (QED) is 0.350. The fraction of sp³-hybridized carbons (Fsp3) is 0.120. The lowest BCUT2D eigenvalue weighted by atomic mass is 10.2. The molecule has 32 heavy (non-hydrogen) atoms. The highest BCUT2D eigenvalue weighted by Gasteiger charge is 2.17. The molecule has 0 bridgehead atoms. The van der Waals surface area contributed by atoms with E-state index in [0.717, 1.165) is 17.2 Å². The first kappa shape index (κ1) is 21.6. The number of hydrogen-bond donors (Lipinski definition) is 0. The highest BCUT2D eigenvalue weighted by molar-refractivity contribution is 7.13. The molecule has 0 saturated carbocycles. The minimum absolute atomic E-state index is 0.0263. The van der Waals surface area contributed by atoms with Crippen molar-refractivity contribution in [2.75, 3.05) is 7.05 Å². The van der Waals surface area contributed by atoms with Crippen molar-refractivity contribution < 1.29 is 18.3 Å². The van der Waals surface area contributed by atoms with Crippen LogP contribution in [0.15, 0.2) is 78.2 Å². The van der Waals surface area contributed by atoms with E-state index in [2.05, 4.69) is 4.98 Å². The molecule has 0 aliphatic heterocycles. The average Bonchev–Trinajstić information content (AvgIpc) is 3.29. The Kier molecular flexibility index (Phi) is 6.56. The fourth-order valence-corrected chi connectivity index (χ4v) is 3.94. The molecule has 0 N–H and O–H groups in total. The van der Waals surface area contributed by atoms with Gasteiger partial charge in [-0.15, -0.1) is 11.3 Å². The second kappa shape index (κ2) is 9.70. The molecule has 0 fully saturated rings. The summed E-state index contributed by atoms with van der Waals surface area (Å²) in [6.45, 7) is 0.469. The van der Waals surface area contributed by atoms with Gasteiger partial charge in [-0.2, -0.15) is 0 Å². The maximum Gasteiger partial charge on any atom is 0.273 e. The number of aromatic nitrogens is 1. The van der Waals surface area contributed by atoms with Crippen molar-refractivity contribution in [2.45, 2.75) is 13.2 Å². The van der Waals surface area contributed by atoms with Crippen LogP contribution in [0.25, 0.3) is 10.6 Å². The first-order valence-corrected chi connectivity index (χ1v) is 10.8. The number of benzene rings is 3. The molecule has 0 atom stereocenters. The molecule has 0 saturated heterocycles. The van der Waals surface area contributed by atoms with Crippen LogP contribution in [0.2, 0.25) is 0 Å². The summed E-state index contributed by atoms with van der Waals surface area (Å²) in [6.07, 6.45) is 0. The topological polar surface area (TPSA) is 42.4 Å². The van der Waals surface area contributed by atoms with Crippen LogP contribution in [0.5, 0.6) is 5.75 Å². The van der Waals surface area contributed by atoms with Gasteiger partial charge in [-0.1, -0.05) is 42.5 Å². The van der Waals surface area contributed by atoms with E-state index in [1.54, 1.807) is 35.5 Å². The summed E-state index contributed by atoms with van der Waals surface area (Å²) in [7, 11) is 1.75. The summed E-state index contributed by atoms with van der Waals surface area (Å²) in [6, 6.07) is 20.3. The number of amides is 1. The molecule has 1 aromatic heterocycles. The maximum atomic E-state index is 13.8. The summed E-state index contributed by atoms with van der Waals surface area (Å²) in [5, 5.41) is 2.42. The van der Waals surface area contributed by atoms with Gasteiger partial charge >= 0.3 is 0 Å². The Morgan fingerprint density at radius 2 is 1.84 bits per heavy atom. The molecule has 4 nitrogen and oxygen atoms in total. The first-order chi connectivity index (χ1) is 15.5. The van der Waals surface area contributed by atoms with E-state index in [1.807, 2.05) is 36.4 Å². The summed E-state index contributed by atoms with van der Waals surface area (Å²) in [4.78, 5) is 18.9. The number of nitrogens with zero attached hydrogens (tertiary/aromatic N) is 2. The molecule has 0 aliphatic carbocycles. The van der Waals surface area contributed by atoms with E-state index in [1.165, 1.54) is 23.5 Å². The maximum absolute atomic E-state index is 13.8. The van der Waals surface area contributed by atoms with Crippen molar-refractivity contribution in [1.29, 1.82) is 0 Å². The predicted octanol–water partition coefficient (Wildman–Crippen LogP) is 5.94. The van der Waals surface area contributed by atoms with Crippen LogP contribution in [0.3, 0.4) is 0 Å². The van der Waals surface area contributed by atoms with Crippen LogP contribution in [0, 0.1) is 11.6 Å². The summed E-state index contributed by atoms with van der Waals surface area (Å²) < 4.78 is 32.5. The number of thiazole rings is 1. The van der Waals surface area contributed by atoms with E-state index < -0.39 is 11.6 Å². The van der Waals surface area contributed by atoms with Crippen LogP contribution < -0.4 is 4.74 Å². The molecule has 0 aliphatic rings. The first-order valence-electron chi connectivity index (χ1n) is 9.91. The van der Waals surface area contributed by atoms with Gasteiger partial charge < -0.3 is 9.64 Å². The minimum atomic E-state index is -0.649. The zero-order valence-corrected chi connectivity index (χ0v) is 18.1. The van der Waals surface area contributed by atoms with E-state index >= 15 is 0 Å². The van der Waals surface area contributed by atoms with E-state index in [0.29, 0.717) is 23.0 Å². The molecule has 1 amide bonds. The van der Waals surface area contributed by atoms with Crippen molar-refractivity contribution in [3.63, 3.8) is 0 Å². The monoisotopic (exact) mass is 450 g/mol. The molecular formula is C25H20F2N2O2S. The smallest absolute Gasteiger partial charge is 0.273 e. The number of rotatable bonds is 7. The normalized spacial score (nSPS) is 10.7. The third-order valence-electron chi connectivity index (χ3n) is 4.82. The lowest BCUT2D eigenvalue weighted by Gasteiger charge is -2.15. The second-order valence-corrected chi connectivity index (χ2v) is 8.10. The van der Waals surface area contributed by atoms with Gasteiger partial charge in [0.2, 0.25) is 0 Å². The predicted molar refractivity (Wildman–Crippen MR) is 120 cm³/mol. The van der Waals surface area contributed by atoms with Crippen molar-refractivity contribution >= 4 is 17.2 Å². The number of halogens is 2. The average molecular weight is 451 g/mol. The van der Waals surface area contributed by atoms with Gasteiger partial charge in [-0.25, -0.2) is 13.8 Å². The SMILES string of the molecule is CN(Cc1ccccc1)C(=O)c1csc(-c2cccc(OCc3ccc(F)cc3F)c2)n1. The number of carbonyl (C=O) groups is 1. The molecular weight excluding hydrogens is 430 g/mol. The van der Waals surface area contributed by atoms with Gasteiger partial charge in [-0.3, -0.25) is 4.79 Å². The Bertz CT molecular complexity index is 1230. The highest BCUT2D eigenvalue weighted by atomic mass is 32.1. The van der Waals surface area contributed by atoms with Crippen molar-refractivity contribution in [3.8, 4) is 16.3 Å². The summed E-state index contributed by atoms with van der Waals surface area (Å²) >= 11 is 1.37. The molecule has 3 aromatic carbocycles. The number of carbonyl (C=O) groups excluding carboxylic acids is 1. The Balaban J connectivity index is 1.44. The molecule has 1 heterocycles. The Morgan fingerprint density at radius 3 is 2.62 bits per heavy atom. The molecule has 0 spiro atoms. The van der Waals surface area contributed by atoms with Gasteiger partial charge in [0, 0.05) is 36.2 Å². The lowest BCUT2D eigenvalue weighted by Crippen LogP contribution is -2.26. The Hall–Kier alpha value is -3.58. The van der Waals surface area contributed by atoms with Crippen molar-refractivity contribution in [2.24, 2.45) is 0 Å². The molecule has 4 aromatic rings. The Morgan fingerprint density at radius 1 is 1.03 bits per heavy atom. The zero-order valence-electron chi connectivity index (χ0n) is 17.3.